The topological polar surface area (TPSA) is 54.4 Å². The van der Waals surface area contributed by atoms with E-state index in [0.717, 1.165) is 17.9 Å². The average molecular weight is 292 g/mol. The first-order valence-corrected chi connectivity index (χ1v) is 8.14. The van der Waals surface area contributed by atoms with E-state index in [2.05, 4.69) is 10.3 Å². The molecule has 0 bridgehead atoms. The number of aromatic nitrogens is 1. The van der Waals surface area contributed by atoms with Crippen molar-refractivity contribution in [3.05, 3.63) is 23.9 Å². The third-order valence-corrected chi connectivity index (χ3v) is 3.97. The van der Waals surface area contributed by atoms with Gasteiger partial charge in [0, 0.05) is 24.8 Å². The van der Waals surface area contributed by atoms with Crippen LogP contribution in [0, 0.1) is 5.92 Å². The maximum Gasteiger partial charge on any atom is 0.218 e. The van der Waals surface area contributed by atoms with Gasteiger partial charge < -0.3 is 15.2 Å². The van der Waals surface area contributed by atoms with Crippen LogP contribution < -0.4 is 10.1 Å². The van der Waals surface area contributed by atoms with Crippen molar-refractivity contribution in [3.63, 3.8) is 0 Å². The Bertz CT molecular complexity index is 417. The van der Waals surface area contributed by atoms with Crippen molar-refractivity contribution in [2.75, 3.05) is 6.54 Å². The highest BCUT2D eigenvalue weighted by molar-refractivity contribution is 5.25. The minimum Gasteiger partial charge on any atom is -0.475 e. The van der Waals surface area contributed by atoms with Gasteiger partial charge in [-0.1, -0.05) is 31.7 Å². The first-order chi connectivity index (χ1) is 10.1. The molecule has 4 nitrogen and oxygen atoms in total. The minimum absolute atomic E-state index is 0.117. The van der Waals surface area contributed by atoms with Gasteiger partial charge in [0.05, 0.1) is 12.2 Å². The number of rotatable bonds is 8. The number of aliphatic hydroxyl groups excluding tert-OH is 1. The number of aliphatic hydroxyl groups is 1. The van der Waals surface area contributed by atoms with Gasteiger partial charge in [0.15, 0.2) is 0 Å². The van der Waals surface area contributed by atoms with Gasteiger partial charge in [0.1, 0.15) is 0 Å². The van der Waals surface area contributed by atoms with E-state index in [0.29, 0.717) is 19.0 Å². The largest absolute Gasteiger partial charge is 0.475 e. The van der Waals surface area contributed by atoms with Crippen LogP contribution in [0.25, 0.3) is 0 Å². The highest BCUT2D eigenvalue weighted by Crippen LogP contribution is 2.28. The normalized spacial score (nSPS) is 17.3. The van der Waals surface area contributed by atoms with Crippen LogP contribution in [-0.4, -0.2) is 28.8 Å². The predicted octanol–water partition coefficient (Wildman–Crippen LogP) is 2.90. The molecule has 0 saturated heterocycles. The molecule has 0 spiro atoms. The van der Waals surface area contributed by atoms with Gasteiger partial charge in [-0.2, -0.15) is 0 Å². The first-order valence-electron chi connectivity index (χ1n) is 8.14. The van der Waals surface area contributed by atoms with Crippen molar-refractivity contribution in [2.45, 2.75) is 64.7 Å². The standard InChI is InChI=1S/C17H28N2O2/c1-13(2)21-17-15(8-5-9-19-17)11-18-12-16(20)10-14-6-3-4-7-14/h5,8-9,13-14,16,18,20H,3-4,6-7,10-12H2,1-2H3. The third kappa shape index (κ3) is 5.64. The van der Waals surface area contributed by atoms with E-state index >= 15 is 0 Å². The van der Waals surface area contributed by atoms with Crippen LogP contribution in [0.1, 0.15) is 51.5 Å². The maximum atomic E-state index is 10.1. The summed E-state index contributed by atoms with van der Waals surface area (Å²) < 4.78 is 5.70. The molecule has 1 saturated carbocycles. The van der Waals surface area contributed by atoms with Crippen LogP contribution in [0.5, 0.6) is 5.88 Å². The number of nitrogens with zero attached hydrogens (tertiary/aromatic N) is 1. The Labute approximate surface area is 127 Å². The minimum atomic E-state index is -0.251. The molecule has 2 rings (SSSR count). The van der Waals surface area contributed by atoms with Gasteiger partial charge in [-0.15, -0.1) is 0 Å². The summed E-state index contributed by atoms with van der Waals surface area (Å²) in [5, 5.41) is 13.4. The van der Waals surface area contributed by atoms with Crippen molar-refractivity contribution in [3.8, 4) is 5.88 Å². The summed E-state index contributed by atoms with van der Waals surface area (Å²) in [6, 6.07) is 3.93. The van der Waals surface area contributed by atoms with Crippen molar-refractivity contribution >= 4 is 0 Å². The van der Waals surface area contributed by atoms with E-state index < -0.39 is 0 Å². The van der Waals surface area contributed by atoms with Crippen molar-refractivity contribution in [2.24, 2.45) is 5.92 Å². The Hall–Kier alpha value is -1.13. The fourth-order valence-electron chi connectivity index (χ4n) is 2.98. The van der Waals surface area contributed by atoms with Gasteiger partial charge in [-0.3, -0.25) is 0 Å². The van der Waals surface area contributed by atoms with E-state index in [1.807, 2.05) is 26.0 Å². The van der Waals surface area contributed by atoms with E-state index in [4.69, 9.17) is 4.74 Å². The third-order valence-electron chi connectivity index (χ3n) is 3.97. The van der Waals surface area contributed by atoms with Gasteiger partial charge >= 0.3 is 0 Å². The number of pyridine rings is 1. The molecule has 0 radical (unpaired) electrons. The molecule has 21 heavy (non-hydrogen) atoms. The summed E-state index contributed by atoms with van der Waals surface area (Å²) in [4.78, 5) is 4.28. The molecule has 1 atom stereocenters. The Morgan fingerprint density at radius 2 is 2.14 bits per heavy atom. The monoisotopic (exact) mass is 292 g/mol. The molecular weight excluding hydrogens is 264 g/mol. The molecule has 118 valence electrons. The lowest BCUT2D eigenvalue weighted by atomic mass is 10.00. The fraction of sp³-hybridized carbons (Fsp3) is 0.706. The molecule has 1 aromatic rings. The summed E-state index contributed by atoms with van der Waals surface area (Å²) in [5.41, 5.74) is 1.04. The maximum absolute atomic E-state index is 10.1. The van der Waals surface area contributed by atoms with E-state index in [1.54, 1.807) is 6.20 Å². The van der Waals surface area contributed by atoms with Crippen LogP contribution in [0.2, 0.25) is 0 Å². The first kappa shape index (κ1) is 16.2. The lowest BCUT2D eigenvalue weighted by Gasteiger charge is -2.17. The Balaban J connectivity index is 1.74. The zero-order chi connectivity index (χ0) is 15.1. The van der Waals surface area contributed by atoms with Gasteiger partial charge in [0.2, 0.25) is 5.88 Å². The summed E-state index contributed by atoms with van der Waals surface area (Å²) in [6.07, 6.45) is 7.77. The van der Waals surface area contributed by atoms with Crippen LogP contribution in [-0.2, 0) is 6.54 Å². The number of ether oxygens (including phenoxy) is 1. The second-order valence-corrected chi connectivity index (χ2v) is 6.31. The summed E-state index contributed by atoms with van der Waals surface area (Å²) in [5.74, 6) is 1.41. The Kier molecular flexibility index (Phi) is 6.46. The second-order valence-electron chi connectivity index (χ2n) is 6.31. The molecule has 1 aromatic heterocycles. The van der Waals surface area contributed by atoms with E-state index in [9.17, 15) is 5.11 Å². The molecule has 1 aliphatic rings. The van der Waals surface area contributed by atoms with Crippen molar-refractivity contribution in [1.29, 1.82) is 0 Å². The highest BCUT2D eigenvalue weighted by atomic mass is 16.5. The number of nitrogens with one attached hydrogen (secondary N) is 1. The quantitative estimate of drug-likeness (QED) is 0.773. The highest BCUT2D eigenvalue weighted by Gasteiger charge is 2.18. The smallest absolute Gasteiger partial charge is 0.218 e. The van der Waals surface area contributed by atoms with Gasteiger partial charge in [-0.05, 0) is 32.3 Å². The van der Waals surface area contributed by atoms with E-state index in [-0.39, 0.29) is 12.2 Å². The lowest BCUT2D eigenvalue weighted by molar-refractivity contribution is 0.140. The summed E-state index contributed by atoms with van der Waals surface area (Å²) >= 11 is 0. The van der Waals surface area contributed by atoms with Gasteiger partial charge in [0.25, 0.3) is 0 Å². The Morgan fingerprint density at radius 1 is 1.38 bits per heavy atom. The zero-order valence-electron chi connectivity index (χ0n) is 13.2. The average Bonchev–Trinajstić information content (AvgIpc) is 2.93. The molecular formula is C17H28N2O2. The molecule has 4 heteroatoms. The molecule has 2 N–H and O–H groups in total. The SMILES string of the molecule is CC(C)Oc1ncccc1CNCC(O)CC1CCCC1. The Morgan fingerprint density at radius 3 is 2.86 bits per heavy atom. The van der Waals surface area contributed by atoms with Crippen LogP contribution in [0.3, 0.4) is 0 Å². The molecule has 0 aromatic carbocycles. The number of hydrogen-bond acceptors (Lipinski definition) is 4. The molecule has 0 aliphatic heterocycles. The van der Waals surface area contributed by atoms with Gasteiger partial charge in [-0.25, -0.2) is 4.98 Å². The van der Waals surface area contributed by atoms with Crippen molar-refractivity contribution in [1.82, 2.24) is 10.3 Å². The van der Waals surface area contributed by atoms with Crippen LogP contribution in [0.15, 0.2) is 18.3 Å². The molecule has 1 unspecified atom stereocenters. The van der Waals surface area contributed by atoms with E-state index in [1.165, 1.54) is 25.7 Å². The molecule has 0 amide bonds. The van der Waals surface area contributed by atoms with Crippen LogP contribution in [0.4, 0.5) is 0 Å². The molecule has 1 heterocycles. The van der Waals surface area contributed by atoms with Crippen molar-refractivity contribution < 1.29 is 9.84 Å². The predicted molar refractivity (Wildman–Crippen MR) is 84.3 cm³/mol. The van der Waals surface area contributed by atoms with Crippen LogP contribution >= 0.6 is 0 Å². The fourth-order valence-corrected chi connectivity index (χ4v) is 2.98. The lowest BCUT2D eigenvalue weighted by Crippen LogP contribution is -2.28. The molecule has 1 aliphatic carbocycles. The molecule has 1 fully saturated rings. The zero-order valence-corrected chi connectivity index (χ0v) is 13.2. The summed E-state index contributed by atoms with van der Waals surface area (Å²) in [6.45, 7) is 5.30. The number of hydrogen-bond donors (Lipinski definition) is 2. The second kappa shape index (κ2) is 8.35. The summed E-state index contributed by atoms with van der Waals surface area (Å²) in [7, 11) is 0.